The zero-order valence-corrected chi connectivity index (χ0v) is 11.5. The molecule has 0 bridgehead atoms. The second kappa shape index (κ2) is 7.19. The molecule has 0 heterocycles. The first-order valence-corrected chi connectivity index (χ1v) is 7.20. The van der Waals surface area contributed by atoms with Crippen LogP contribution in [0.25, 0.3) is 0 Å². The van der Waals surface area contributed by atoms with Crippen LogP contribution in [-0.4, -0.2) is 0 Å². The highest BCUT2D eigenvalue weighted by atomic mass is 19.1. The summed E-state index contributed by atoms with van der Waals surface area (Å²) in [5, 5.41) is 8.33. The van der Waals surface area contributed by atoms with Gasteiger partial charge in [-0.3, -0.25) is 0 Å². The van der Waals surface area contributed by atoms with Gasteiger partial charge in [-0.15, -0.1) is 0 Å². The Morgan fingerprint density at radius 1 is 1.20 bits per heavy atom. The van der Waals surface area contributed by atoms with Gasteiger partial charge in [0.05, 0.1) is 0 Å². The summed E-state index contributed by atoms with van der Waals surface area (Å²) in [6.07, 6.45) is 7.46. The molecular formula is C17H19F2N. The zero-order valence-electron chi connectivity index (χ0n) is 11.5. The Labute approximate surface area is 118 Å². The summed E-state index contributed by atoms with van der Waals surface area (Å²) in [5.41, 5.74) is 1.22. The van der Waals surface area contributed by atoms with Crippen LogP contribution in [0.5, 0.6) is 0 Å². The molecule has 1 aliphatic rings. The minimum atomic E-state index is -0.676. The van der Waals surface area contributed by atoms with Gasteiger partial charge in [0.2, 0.25) is 0 Å². The Balaban J connectivity index is 1.78. The molecule has 2 rings (SSSR count). The van der Waals surface area contributed by atoms with Crippen molar-refractivity contribution in [2.24, 2.45) is 5.92 Å². The molecule has 0 spiro atoms. The molecule has 1 saturated carbocycles. The van der Waals surface area contributed by atoms with Gasteiger partial charge in [-0.25, -0.2) is 4.39 Å². The number of rotatable bonds is 4. The molecular weight excluding hydrogens is 256 g/mol. The van der Waals surface area contributed by atoms with E-state index in [4.69, 9.17) is 5.26 Å². The molecule has 3 heteroatoms. The molecule has 1 nitrogen and oxygen atoms in total. The van der Waals surface area contributed by atoms with E-state index in [-0.39, 0.29) is 5.82 Å². The van der Waals surface area contributed by atoms with Gasteiger partial charge in [-0.05, 0) is 74.1 Å². The molecule has 0 unspecified atom stereocenters. The van der Waals surface area contributed by atoms with E-state index < -0.39 is 5.83 Å². The smallest absolute Gasteiger partial charge is 0.196 e. The van der Waals surface area contributed by atoms with Crippen molar-refractivity contribution >= 4 is 0 Å². The third kappa shape index (κ3) is 4.16. The molecule has 0 saturated heterocycles. The molecule has 1 aromatic carbocycles. The van der Waals surface area contributed by atoms with Crippen LogP contribution in [0.3, 0.4) is 0 Å². The summed E-state index contributed by atoms with van der Waals surface area (Å²) >= 11 is 0. The standard InChI is InChI=1S/C17H19F2N/c18-16-10-8-15(9-11-16)14-6-4-13(5-7-14)2-1-3-17(19)12-20/h3,8-11,13-14H,1-2,4-7H2/b17-3-/t13-,14-. The lowest BCUT2D eigenvalue weighted by molar-refractivity contribution is 0.311. The summed E-state index contributed by atoms with van der Waals surface area (Å²) in [5.74, 6) is 0.284. The first kappa shape index (κ1) is 14.7. The van der Waals surface area contributed by atoms with Crippen molar-refractivity contribution in [2.45, 2.75) is 44.4 Å². The molecule has 0 N–H and O–H groups in total. The van der Waals surface area contributed by atoms with E-state index in [1.165, 1.54) is 29.8 Å². The topological polar surface area (TPSA) is 23.8 Å². The third-order valence-electron chi connectivity index (χ3n) is 4.19. The molecule has 1 fully saturated rings. The lowest BCUT2D eigenvalue weighted by atomic mass is 9.77. The van der Waals surface area contributed by atoms with Gasteiger partial charge in [-0.1, -0.05) is 12.1 Å². The SMILES string of the molecule is N#C/C(F)=C/CC[C@H]1CC[C@H](c2ccc(F)cc2)CC1. The van der Waals surface area contributed by atoms with Crippen molar-refractivity contribution in [1.29, 1.82) is 5.26 Å². The largest absolute Gasteiger partial charge is 0.207 e. The average molecular weight is 275 g/mol. The fourth-order valence-electron chi connectivity index (χ4n) is 3.01. The molecule has 0 atom stereocenters. The summed E-state index contributed by atoms with van der Waals surface area (Å²) in [7, 11) is 0. The highest BCUT2D eigenvalue weighted by Gasteiger charge is 2.21. The van der Waals surface area contributed by atoms with Crippen molar-refractivity contribution in [3.05, 3.63) is 47.5 Å². The van der Waals surface area contributed by atoms with Gasteiger partial charge < -0.3 is 0 Å². The second-order valence-corrected chi connectivity index (χ2v) is 5.51. The van der Waals surface area contributed by atoms with E-state index in [9.17, 15) is 8.78 Å². The first-order chi connectivity index (χ1) is 9.69. The highest BCUT2D eigenvalue weighted by Crippen LogP contribution is 2.37. The van der Waals surface area contributed by atoms with E-state index in [0.717, 1.165) is 32.1 Å². The van der Waals surface area contributed by atoms with E-state index >= 15 is 0 Å². The van der Waals surface area contributed by atoms with Gasteiger partial charge in [-0.2, -0.15) is 9.65 Å². The number of hydrogen-bond donors (Lipinski definition) is 0. The van der Waals surface area contributed by atoms with Crippen LogP contribution >= 0.6 is 0 Å². The summed E-state index contributed by atoms with van der Waals surface area (Å²) in [4.78, 5) is 0. The normalized spacial score (nSPS) is 23.4. The monoisotopic (exact) mass is 275 g/mol. The average Bonchev–Trinajstić information content (AvgIpc) is 2.48. The van der Waals surface area contributed by atoms with Crippen LogP contribution in [0, 0.1) is 23.1 Å². The quantitative estimate of drug-likeness (QED) is 0.688. The number of hydrogen-bond acceptors (Lipinski definition) is 1. The predicted molar refractivity (Wildman–Crippen MR) is 75.1 cm³/mol. The Morgan fingerprint density at radius 2 is 1.85 bits per heavy atom. The van der Waals surface area contributed by atoms with Crippen LogP contribution < -0.4 is 0 Å². The predicted octanol–water partition coefficient (Wildman–Crippen LogP) is 5.26. The lowest BCUT2D eigenvalue weighted by Gasteiger charge is -2.28. The fraction of sp³-hybridized carbons (Fsp3) is 0.471. The molecule has 0 radical (unpaired) electrons. The number of benzene rings is 1. The van der Waals surface area contributed by atoms with E-state index in [1.54, 1.807) is 0 Å². The van der Waals surface area contributed by atoms with E-state index in [0.29, 0.717) is 18.3 Å². The summed E-state index contributed by atoms with van der Waals surface area (Å²) in [6, 6.07) is 8.31. The highest BCUT2D eigenvalue weighted by molar-refractivity contribution is 5.21. The molecule has 0 amide bonds. The molecule has 0 aliphatic heterocycles. The Morgan fingerprint density at radius 3 is 2.45 bits per heavy atom. The zero-order chi connectivity index (χ0) is 14.4. The maximum Gasteiger partial charge on any atom is 0.196 e. The van der Waals surface area contributed by atoms with Crippen molar-refractivity contribution in [3.8, 4) is 6.07 Å². The number of nitrogens with zero attached hydrogens (tertiary/aromatic N) is 1. The number of allylic oxidation sites excluding steroid dienone is 2. The molecule has 106 valence electrons. The van der Waals surface area contributed by atoms with Gasteiger partial charge in [0, 0.05) is 0 Å². The van der Waals surface area contributed by atoms with Crippen LogP contribution in [-0.2, 0) is 0 Å². The van der Waals surface area contributed by atoms with E-state index in [1.807, 2.05) is 12.1 Å². The van der Waals surface area contributed by atoms with Crippen molar-refractivity contribution in [3.63, 3.8) is 0 Å². The maximum atomic E-state index is 12.9. The van der Waals surface area contributed by atoms with Crippen LogP contribution in [0.15, 0.2) is 36.2 Å². The van der Waals surface area contributed by atoms with Crippen molar-refractivity contribution < 1.29 is 8.78 Å². The molecule has 1 aliphatic carbocycles. The van der Waals surface area contributed by atoms with Crippen LogP contribution in [0.1, 0.15) is 50.0 Å². The van der Waals surface area contributed by atoms with Crippen LogP contribution in [0.4, 0.5) is 8.78 Å². The Bertz CT molecular complexity index is 491. The fourth-order valence-corrected chi connectivity index (χ4v) is 3.01. The first-order valence-electron chi connectivity index (χ1n) is 7.20. The van der Waals surface area contributed by atoms with Gasteiger partial charge in [0.25, 0.3) is 0 Å². The Hall–Kier alpha value is -1.69. The number of halogens is 2. The molecule has 1 aromatic rings. The third-order valence-corrected chi connectivity index (χ3v) is 4.19. The molecule has 0 aromatic heterocycles. The van der Waals surface area contributed by atoms with Gasteiger partial charge in [0.1, 0.15) is 11.9 Å². The maximum absolute atomic E-state index is 12.9. The van der Waals surface area contributed by atoms with E-state index in [2.05, 4.69) is 0 Å². The summed E-state index contributed by atoms with van der Waals surface area (Å²) < 4.78 is 25.6. The lowest BCUT2D eigenvalue weighted by Crippen LogP contribution is -2.13. The minimum absolute atomic E-state index is 0.186. The van der Waals surface area contributed by atoms with Gasteiger partial charge >= 0.3 is 0 Å². The van der Waals surface area contributed by atoms with Crippen molar-refractivity contribution in [1.82, 2.24) is 0 Å². The Kier molecular flexibility index (Phi) is 5.29. The molecule has 20 heavy (non-hydrogen) atoms. The minimum Gasteiger partial charge on any atom is -0.207 e. The second-order valence-electron chi connectivity index (χ2n) is 5.51. The number of nitriles is 1. The van der Waals surface area contributed by atoms with Gasteiger partial charge in [0.15, 0.2) is 5.83 Å². The van der Waals surface area contributed by atoms with Crippen LogP contribution in [0.2, 0.25) is 0 Å². The summed E-state index contributed by atoms with van der Waals surface area (Å²) in [6.45, 7) is 0. The van der Waals surface area contributed by atoms with Crippen molar-refractivity contribution in [2.75, 3.05) is 0 Å².